The lowest BCUT2D eigenvalue weighted by atomic mass is 10.1. The maximum absolute atomic E-state index is 13.6. The monoisotopic (exact) mass is 272 g/mol. The number of nitrogens with one attached hydrogen (secondary N) is 1. The van der Waals surface area contributed by atoms with Crippen molar-refractivity contribution in [3.8, 4) is 17.6 Å². The second-order valence-electron chi connectivity index (χ2n) is 4.00. The summed E-state index contributed by atoms with van der Waals surface area (Å²) in [5.41, 5.74) is 0.0126. The van der Waals surface area contributed by atoms with Crippen molar-refractivity contribution in [2.45, 2.75) is 0 Å². The summed E-state index contributed by atoms with van der Waals surface area (Å²) in [4.78, 5) is 11.9. The van der Waals surface area contributed by atoms with Crippen LogP contribution in [0.2, 0.25) is 0 Å². The average molecular weight is 272 g/mol. The fourth-order valence-electron chi connectivity index (χ4n) is 1.61. The van der Waals surface area contributed by atoms with Crippen LogP contribution >= 0.6 is 0 Å². The van der Waals surface area contributed by atoms with E-state index in [2.05, 4.69) is 5.32 Å². The van der Waals surface area contributed by atoms with Crippen molar-refractivity contribution in [3.63, 3.8) is 0 Å². The van der Waals surface area contributed by atoms with Crippen molar-refractivity contribution in [2.24, 2.45) is 0 Å². The summed E-state index contributed by atoms with van der Waals surface area (Å²) in [6.07, 6.45) is 0. The van der Waals surface area contributed by atoms with Gasteiger partial charge in [0.05, 0.1) is 17.3 Å². The topological polar surface area (TPSA) is 93.4 Å². The number of aromatic hydroxyl groups is 2. The Kier molecular flexibility index (Phi) is 3.53. The van der Waals surface area contributed by atoms with E-state index in [0.29, 0.717) is 0 Å². The van der Waals surface area contributed by atoms with Crippen molar-refractivity contribution in [3.05, 3.63) is 53.3 Å². The first-order chi connectivity index (χ1) is 9.49. The Labute approximate surface area is 113 Å². The third kappa shape index (κ3) is 2.84. The zero-order chi connectivity index (χ0) is 14.7. The molecule has 0 bridgehead atoms. The van der Waals surface area contributed by atoms with Gasteiger partial charge in [-0.15, -0.1) is 0 Å². The van der Waals surface area contributed by atoms with Crippen LogP contribution in [0.3, 0.4) is 0 Å². The van der Waals surface area contributed by atoms with Crippen molar-refractivity contribution >= 4 is 11.6 Å². The van der Waals surface area contributed by atoms with Crippen LogP contribution in [0.5, 0.6) is 11.5 Å². The van der Waals surface area contributed by atoms with Gasteiger partial charge in [0.1, 0.15) is 17.3 Å². The fraction of sp³-hybridized carbons (Fsp3) is 0. The minimum absolute atomic E-state index is 0.0220. The van der Waals surface area contributed by atoms with Crippen molar-refractivity contribution in [1.29, 1.82) is 5.26 Å². The predicted molar refractivity (Wildman–Crippen MR) is 68.8 cm³/mol. The maximum Gasteiger partial charge on any atom is 0.256 e. The highest BCUT2D eigenvalue weighted by atomic mass is 19.1. The van der Waals surface area contributed by atoms with Crippen LogP contribution in [-0.4, -0.2) is 16.1 Å². The summed E-state index contributed by atoms with van der Waals surface area (Å²) in [5.74, 6) is -2.01. The highest BCUT2D eigenvalue weighted by Gasteiger charge is 2.11. The van der Waals surface area contributed by atoms with Gasteiger partial charge in [-0.1, -0.05) is 0 Å². The molecule has 0 aliphatic rings. The quantitative estimate of drug-likeness (QED) is 0.782. The van der Waals surface area contributed by atoms with Gasteiger partial charge in [0.2, 0.25) is 0 Å². The first-order valence-corrected chi connectivity index (χ1v) is 5.53. The minimum atomic E-state index is -0.748. The number of amides is 1. The normalized spacial score (nSPS) is 9.80. The number of carbonyl (C=O) groups excluding carboxylic acids is 1. The van der Waals surface area contributed by atoms with E-state index in [-0.39, 0.29) is 28.3 Å². The molecule has 5 nitrogen and oxygen atoms in total. The Bertz CT molecular complexity index is 703. The zero-order valence-electron chi connectivity index (χ0n) is 10.1. The molecule has 0 atom stereocenters. The molecule has 0 unspecified atom stereocenters. The number of nitrogens with zero attached hydrogens (tertiary/aromatic N) is 1. The molecule has 0 aromatic heterocycles. The SMILES string of the molecule is N#Cc1ccc(NC(=O)c2cc(O)cc(O)c2)c(F)c1. The number of anilines is 1. The number of benzene rings is 2. The second-order valence-corrected chi connectivity index (χ2v) is 4.00. The molecule has 20 heavy (non-hydrogen) atoms. The number of halogens is 1. The van der Waals surface area contributed by atoms with Gasteiger partial charge >= 0.3 is 0 Å². The van der Waals surface area contributed by atoms with Crippen molar-refractivity contribution in [2.75, 3.05) is 5.32 Å². The zero-order valence-corrected chi connectivity index (χ0v) is 10.1. The lowest BCUT2D eigenvalue weighted by Gasteiger charge is -2.07. The maximum atomic E-state index is 13.6. The number of nitriles is 1. The molecule has 2 rings (SSSR count). The molecule has 0 aliphatic carbocycles. The Morgan fingerprint density at radius 1 is 1.15 bits per heavy atom. The lowest BCUT2D eigenvalue weighted by Crippen LogP contribution is -2.13. The molecule has 0 spiro atoms. The summed E-state index contributed by atoms with van der Waals surface area (Å²) in [6.45, 7) is 0. The Morgan fingerprint density at radius 2 is 1.80 bits per heavy atom. The van der Waals surface area contributed by atoms with E-state index in [9.17, 15) is 19.4 Å². The highest BCUT2D eigenvalue weighted by molar-refractivity contribution is 6.04. The van der Waals surface area contributed by atoms with E-state index in [1.165, 1.54) is 12.1 Å². The van der Waals surface area contributed by atoms with E-state index in [4.69, 9.17) is 5.26 Å². The standard InChI is InChI=1S/C14H9FN2O3/c15-12-3-8(7-16)1-2-13(12)17-14(20)9-4-10(18)6-11(19)5-9/h1-6,18-19H,(H,17,20). The molecule has 0 saturated carbocycles. The van der Waals surface area contributed by atoms with E-state index < -0.39 is 11.7 Å². The van der Waals surface area contributed by atoms with Gasteiger partial charge < -0.3 is 15.5 Å². The molecule has 0 radical (unpaired) electrons. The number of hydrogen-bond donors (Lipinski definition) is 3. The molecule has 0 fully saturated rings. The molecule has 100 valence electrons. The molecule has 0 saturated heterocycles. The molecule has 2 aromatic carbocycles. The molecule has 3 N–H and O–H groups in total. The van der Waals surface area contributed by atoms with Crippen LogP contribution in [0.25, 0.3) is 0 Å². The summed E-state index contributed by atoms with van der Waals surface area (Å²) >= 11 is 0. The third-order valence-electron chi connectivity index (χ3n) is 2.51. The van der Waals surface area contributed by atoms with Gasteiger partial charge in [-0.25, -0.2) is 4.39 Å². The van der Waals surface area contributed by atoms with Crippen LogP contribution in [-0.2, 0) is 0 Å². The first-order valence-electron chi connectivity index (χ1n) is 5.53. The number of phenolic OH excluding ortho intramolecular Hbond substituents is 2. The molecular weight excluding hydrogens is 263 g/mol. The van der Waals surface area contributed by atoms with Gasteiger partial charge in [0.25, 0.3) is 5.91 Å². The Morgan fingerprint density at radius 3 is 2.35 bits per heavy atom. The summed E-state index contributed by atoms with van der Waals surface area (Å²) < 4.78 is 13.6. The molecule has 1 amide bonds. The number of carbonyl (C=O) groups is 1. The van der Waals surface area contributed by atoms with Gasteiger partial charge in [0.15, 0.2) is 0 Å². The smallest absolute Gasteiger partial charge is 0.256 e. The van der Waals surface area contributed by atoms with Crippen LogP contribution in [0.15, 0.2) is 36.4 Å². The first kappa shape index (κ1) is 13.4. The fourth-order valence-corrected chi connectivity index (χ4v) is 1.61. The summed E-state index contributed by atoms with van der Waals surface area (Å²) in [5, 5.41) is 29.5. The predicted octanol–water partition coefficient (Wildman–Crippen LogP) is 2.36. The van der Waals surface area contributed by atoms with Gasteiger partial charge in [-0.05, 0) is 30.3 Å². The molecule has 0 aliphatic heterocycles. The van der Waals surface area contributed by atoms with Gasteiger partial charge in [-0.2, -0.15) is 5.26 Å². The molecule has 0 heterocycles. The summed E-state index contributed by atoms with van der Waals surface area (Å²) in [6, 6.07) is 8.73. The second kappa shape index (κ2) is 5.28. The molecule has 6 heteroatoms. The van der Waals surface area contributed by atoms with Crippen LogP contribution < -0.4 is 5.32 Å². The Hall–Kier alpha value is -3.07. The summed E-state index contributed by atoms with van der Waals surface area (Å²) in [7, 11) is 0. The van der Waals surface area contributed by atoms with E-state index in [0.717, 1.165) is 24.3 Å². The lowest BCUT2D eigenvalue weighted by molar-refractivity contribution is 0.102. The van der Waals surface area contributed by atoms with Crippen molar-refractivity contribution < 1.29 is 19.4 Å². The van der Waals surface area contributed by atoms with Crippen LogP contribution in [0.1, 0.15) is 15.9 Å². The molecular formula is C14H9FN2O3. The highest BCUT2D eigenvalue weighted by Crippen LogP contribution is 2.22. The number of phenols is 2. The van der Waals surface area contributed by atoms with E-state index in [1.54, 1.807) is 6.07 Å². The van der Waals surface area contributed by atoms with Gasteiger partial charge in [0, 0.05) is 11.6 Å². The minimum Gasteiger partial charge on any atom is -0.508 e. The van der Waals surface area contributed by atoms with E-state index in [1.807, 2.05) is 0 Å². The number of hydrogen-bond acceptors (Lipinski definition) is 4. The van der Waals surface area contributed by atoms with Gasteiger partial charge in [-0.3, -0.25) is 4.79 Å². The number of rotatable bonds is 2. The third-order valence-corrected chi connectivity index (χ3v) is 2.51. The van der Waals surface area contributed by atoms with E-state index >= 15 is 0 Å². The largest absolute Gasteiger partial charge is 0.508 e. The van der Waals surface area contributed by atoms with Crippen LogP contribution in [0, 0.1) is 17.1 Å². The van der Waals surface area contributed by atoms with Crippen molar-refractivity contribution in [1.82, 2.24) is 0 Å². The Balaban J connectivity index is 2.26. The average Bonchev–Trinajstić information content (AvgIpc) is 2.39. The molecule has 2 aromatic rings. The van der Waals surface area contributed by atoms with Crippen LogP contribution in [0.4, 0.5) is 10.1 Å².